The number of ketones is 1. The number of hydrogen-bond acceptors (Lipinski definition) is 6. The van der Waals surface area contributed by atoms with E-state index in [1.54, 1.807) is 18.2 Å². The maximum atomic E-state index is 13.7. The second-order valence-corrected chi connectivity index (χ2v) is 10.0. The summed E-state index contributed by atoms with van der Waals surface area (Å²) in [6.07, 6.45) is 6.46. The highest BCUT2D eigenvalue weighted by Gasteiger charge is 2.47. The van der Waals surface area contributed by atoms with Gasteiger partial charge in [0.2, 0.25) is 0 Å². The van der Waals surface area contributed by atoms with E-state index in [9.17, 15) is 14.4 Å². The Hall–Kier alpha value is -2.60. The van der Waals surface area contributed by atoms with Crippen molar-refractivity contribution in [1.82, 2.24) is 5.32 Å². The summed E-state index contributed by atoms with van der Waals surface area (Å²) in [5, 5.41) is 3.81. The Morgan fingerprint density at radius 2 is 1.82 bits per heavy atom. The van der Waals surface area contributed by atoms with Crippen LogP contribution in [0.2, 0.25) is 5.02 Å². The van der Waals surface area contributed by atoms with Crippen molar-refractivity contribution in [2.24, 2.45) is 11.8 Å². The average Bonchev–Trinajstić information content (AvgIpc) is 3.06. The molecule has 182 valence electrons. The molecule has 0 bridgehead atoms. The summed E-state index contributed by atoms with van der Waals surface area (Å²) in [5.74, 6) is -3.09. The minimum absolute atomic E-state index is 0.129. The quantitative estimate of drug-likeness (QED) is 0.358. The van der Waals surface area contributed by atoms with Crippen LogP contribution in [0.25, 0.3) is 0 Å². The molecular formula is C27H32ClNO5. The van der Waals surface area contributed by atoms with Crippen molar-refractivity contribution in [3.05, 3.63) is 57.4 Å². The van der Waals surface area contributed by atoms with E-state index in [1.165, 1.54) is 7.11 Å². The van der Waals surface area contributed by atoms with Crippen molar-refractivity contribution >= 4 is 29.3 Å². The summed E-state index contributed by atoms with van der Waals surface area (Å²) in [6.45, 7) is 3.71. The predicted molar refractivity (Wildman–Crippen MR) is 129 cm³/mol. The van der Waals surface area contributed by atoms with E-state index >= 15 is 0 Å². The molecule has 34 heavy (non-hydrogen) atoms. The van der Waals surface area contributed by atoms with Crippen LogP contribution in [-0.2, 0) is 23.9 Å². The maximum absolute atomic E-state index is 13.7. The zero-order valence-corrected chi connectivity index (χ0v) is 20.7. The van der Waals surface area contributed by atoms with Crippen molar-refractivity contribution in [1.29, 1.82) is 0 Å². The number of halogens is 1. The number of rotatable bonds is 4. The Labute approximate surface area is 205 Å². The van der Waals surface area contributed by atoms with E-state index in [0.717, 1.165) is 49.8 Å². The smallest absolute Gasteiger partial charge is 0.337 e. The summed E-state index contributed by atoms with van der Waals surface area (Å²) < 4.78 is 10.9. The molecule has 3 atom stereocenters. The van der Waals surface area contributed by atoms with Gasteiger partial charge in [-0.3, -0.25) is 9.59 Å². The number of methoxy groups -OCH3 is 1. The Balaban J connectivity index is 1.77. The van der Waals surface area contributed by atoms with Gasteiger partial charge in [0.1, 0.15) is 12.0 Å². The number of ether oxygens (including phenoxy) is 2. The number of dihydropyridines is 1. The molecule has 0 radical (unpaired) electrons. The number of allylic oxidation sites excluding steroid dienone is 3. The molecule has 6 nitrogen and oxygen atoms in total. The number of hydrogen-bond donors (Lipinski definition) is 1. The van der Waals surface area contributed by atoms with E-state index in [-0.39, 0.29) is 17.8 Å². The molecule has 0 amide bonds. The molecule has 1 aromatic carbocycles. The number of benzene rings is 1. The first-order valence-corrected chi connectivity index (χ1v) is 12.5. The molecule has 0 aromatic heterocycles. The molecule has 1 heterocycles. The van der Waals surface area contributed by atoms with Gasteiger partial charge in [-0.25, -0.2) is 4.79 Å². The summed E-state index contributed by atoms with van der Waals surface area (Å²) in [4.78, 5) is 39.9. The topological polar surface area (TPSA) is 81.7 Å². The molecule has 1 aliphatic heterocycles. The molecule has 7 heteroatoms. The zero-order chi connectivity index (χ0) is 24.4. The third-order valence-corrected chi connectivity index (χ3v) is 7.46. The molecular weight excluding hydrogens is 454 g/mol. The van der Waals surface area contributed by atoms with Crippen LogP contribution in [0.5, 0.6) is 0 Å². The number of esters is 2. The lowest BCUT2D eigenvalue weighted by Gasteiger charge is -2.38. The van der Waals surface area contributed by atoms with Gasteiger partial charge in [0.05, 0.1) is 12.7 Å². The number of Topliss-reactive ketones (excluding diaryl/α,β-unsaturated/α-hetero) is 1. The fraction of sp³-hybridized carbons (Fsp3) is 0.519. The largest absolute Gasteiger partial charge is 0.468 e. The Kier molecular flexibility index (Phi) is 7.46. The highest BCUT2D eigenvalue weighted by atomic mass is 35.5. The first kappa shape index (κ1) is 24.5. The lowest BCUT2D eigenvalue weighted by molar-refractivity contribution is -0.151. The third-order valence-electron chi connectivity index (χ3n) is 7.22. The molecule has 1 saturated carbocycles. The Bertz CT molecular complexity index is 1050. The van der Waals surface area contributed by atoms with Crippen LogP contribution >= 0.6 is 11.6 Å². The van der Waals surface area contributed by atoms with Crippen LogP contribution in [0, 0.1) is 11.8 Å². The molecule has 0 unspecified atom stereocenters. The van der Waals surface area contributed by atoms with Crippen molar-refractivity contribution in [3.8, 4) is 0 Å². The monoisotopic (exact) mass is 485 g/mol. The molecule has 2 aliphatic carbocycles. The molecule has 1 fully saturated rings. The van der Waals surface area contributed by atoms with Gasteiger partial charge in [-0.2, -0.15) is 0 Å². The highest BCUT2D eigenvalue weighted by Crippen LogP contribution is 2.46. The van der Waals surface area contributed by atoms with Gasteiger partial charge >= 0.3 is 11.9 Å². The van der Waals surface area contributed by atoms with E-state index in [0.29, 0.717) is 28.3 Å². The molecule has 1 N–H and O–H groups in total. The third kappa shape index (κ3) is 4.78. The molecule has 0 saturated heterocycles. The first-order chi connectivity index (χ1) is 16.3. The summed E-state index contributed by atoms with van der Waals surface area (Å²) in [7, 11) is 1.29. The second kappa shape index (κ2) is 10.3. The SMILES string of the molecule is COC(=O)[C@@H]1C(=O)C2=C(C[C@H]1C)NC(C)=C(C(=O)OC1CCCCCC1)[C@@H]2c1cccc(Cl)c1. The van der Waals surface area contributed by atoms with Gasteiger partial charge in [0.25, 0.3) is 0 Å². The highest BCUT2D eigenvalue weighted by molar-refractivity contribution is 6.30. The van der Waals surface area contributed by atoms with Crippen molar-refractivity contribution < 1.29 is 23.9 Å². The summed E-state index contributed by atoms with van der Waals surface area (Å²) in [6, 6.07) is 7.19. The maximum Gasteiger partial charge on any atom is 0.337 e. The summed E-state index contributed by atoms with van der Waals surface area (Å²) in [5.41, 5.74) is 2.95. The van der Waals surface area contributed by atoms with Crippen LogP contribution in [0.3, 0.4) is 0 Å². The normalized spacial score (nSPS) is 25.9. The Morgan fingerprint density at radius 1 is 1.12 bits per heavy atom. The molecule has 3 aliphatic rings. The van der Waals surface area contributed by atoms with Gasteiger partial charge < -0.3 is 14.8 Å². The minimum Gasteiger partial charge on any atom is -0.468 e. The molecule has 1 aromatic rings. The van der Waals surface area contributed by atoms with Crippen LogP contribution in [-0.4, -0.2) is 30.9 Å². The van der Waals surface area contributed by atoms with E-state index in [4.69, 9.17) is 21.1 Å². The lowest BCUT2D eigenvalue weighted by Crippen LogP contribution is -2.43. The predicted octanol–water partition coefficient (Wildman–Crippen LogP) is 5.22. The fourth-order valence-corrected chi connectivity index (χ4v) is 5.74. The van der Waals surface area contributed by atoms with Gasteiger partial charge in [0, 0.05) is 27.9 Å². The van der Waals surface area contributed by atoms with Gasteiger partial charge in [-0.15, -0.1) is 0 Å². The van der Waals surface area contributed by atoms with Crippen molar-refractivity contribution in [2.75, 3.05) is 7.11 Å². The number of nitrogens with one attached hydrogen (secondary N) is 1. The van der Waals surface area contributed by atoms with Crippen molar-refractivity contribution in [3.63, 3.8) is 0 Å². The van der Waals surface area contributed by atoms with Gasteiger partial charge in [-0.05, 0) is 62.6 Å². The summed E-state index contributed by atoms with van der Waals surface area (Å²) >= 11 is 6.31. The van der Waals surface area contributed by atoms with Crippen LogP contribution in [0.4, 0.5) is 0 Å². The number of carbonyl (C=O) groups is 3. The minimum atomic E-state index is -0.912. The van der Waals surface area contributed by atoms with E-state index in [1.807, 2.05) is 19.9 Å². The lowest BCUT2D eigenvalue weighted by atomic mass is 9.69. The fourth-order valence-electron chi connectivity index (χ4n) is 5.55. The van der Waals surface area contributed by atoms with Gasteiger partial charge in [0.15, 0.2) is 5.78 Å². The first-order valence-electron chi connectivity index (χ1n) is 12.1. The second-order valence-electron chi connectivity index (χ2n) is 9.61. The van der Waals surface area contributed by atoms with E-state index < -0.39 is 23.8 Å². The average molecular weight is 486 g/mol. The van der Waals surface area contributed by atoms with Crippen LogP contribution in [0.15, 0.2) is 46.8 Å². The van der Waals surface area contributed by atoms with Crippen molar-refractivity contribution in [2.45, 2.75) is 70.8 Å². The van der Waals surface area contributed by atoms with Crippen LogP contribution < -0.4 is 5.32 Å². The number of carbonyl (C=O) groups excluding carboxylic acids is 3. The zero-order valence-electron chi connectivity index (χ0n) is 20.0. The van der Waals surface area contributed by atoms with Crippen LogP contribution in [0.1, 0.15) is 70.3 Å². The van der Waals surface area contributed by atoms with Gasteiger partial charge in [-0.1, -0.05) is 43.5 Å². The molecule has 4 rings (SSSR count). The Morgan fingerprint density at radius 3 is 2.47 bits per heavy atom. The van der Waals surface area contributed by atoms with E-state index in [2.05, 4.69) is 5.32 Å². The molecule has 0 spiro atoms. The standard InChI is InChI=1S/C27H32ClNO5/c1-15-13-20-24(25(30)21(15)26(31)33-3)23(17-9-8-10-18(28)14-17)22(16(2)29-20)27(32)34-19-11-6-4-5-7-12-19/h8-10,14-15,19,21,23,29H,4-7,11-13H2,1-3H3/t15-,21+,23+/m1/s1.